The quantitative estimate of drug-likeness (QED) is 0.812. The molecule has 3 N–H and O–H groups in total. The average molecular weight is 361 g/mol. The molecule has 7 heteroatoms. The second-order valence-corrected chi connectivity index (χ2v) is 5.33. The van der Waals surface area contributed by atoms with Crippen molar-refractivity contribution in [3.8, 4) is 0 Å². The SMILES string of the molecule is NC(=S)c1ncccc1Nc1c(Cl)cc(F)cc1Br. The van der Waals surface area contributed by atoms with Crippen molar-refractivity contribution in [1.29, 1.82) is 0 Å². The summed E-state index contributed by atoms with van der Waals surface area (Å²) in [6, 6.07) is 6.01. The number of rotatable bonds is 3. The zero-order chi connectivity index (χ0) is 14.0. The van der Waals surface area contributed by atoms with Crippen LogP contribution in [0.1, 0.15) is 5.69 Å². The number of aromatic nitrogens is 1. The Kier molecular flexibility index (Phi) is 4.34. The molecule has 2 aromatic rings. The second kappa shape index (κ2) is 5.81. The zero-order valence-corrected chi connectivity index (χ0v) is 12.6. The van der Waals surface area contributed by atoms with Gasteiger partial charge in [0.15, 0.2) is 0 Å². The molecular weight excluding hydrogens is 353 g/mol. The molecule has 19 heavy (non-hydrogen) atoms. The molecule has 0 saturated heterocycles. The topological polar surface area (TPSA) is 50.9 Å². The van der Waals surface area contributed by atoms with Crippen molar-refractivity contribution in [1.82, 2.24) is 4.98 Å². The molecule has 0 radical (unpaired) electrons. The normalized spacial score (nSPS) is 10.3. The molecule has 1 aromatic heterocycles. The molecule has 0 unspecified atom stereocenters. The minimum Gasteiger partial charge on any atom is -0.388 e. The maximum Gasteiger partial charge on any atom is 0.125 e. The Labute approximate surface area is 128 Å². The fraction of sp³-hybridized carbons (Fsp3) is 0. The number of hydrogen-bond acceptors (Lipinski definition) is 3. The van der Waals surface area contributed by atoms with E-state index < -0.39 is 5.82 Å². The molecule has 1 heterocycles. The van der Waals surface area contributed by atoms with Crippen molar-refractivity contribution in [3.63, 3.8) is 0 Å². The van der Waals surface area contributed by atoms with Crippen LogP contribution in [0, 0.1) is 5.82 Å². The van der Waals surface area contributed by atoms with Gasteiger partial charge in [0.2, 0.25) is 0 Å². The fourth-order valence-corrected chi connectivity index (χ4v) is 2.56. The fourth-order valence-electron chi connectivity index (χ4n) is 1.50. The van der Waals surface area contributed by atoms with E-state index in [0.717, 1.165) is 0 Å². The second-order valence-electron chi connectivity index (χ2n) is 3.63. The highest BCUT2D eigenvalue weighted by atomic mass is 79.9. The molecule has 0 atom stereocenters. The van der Waals surface area contributed by atoms with E-state index >= 15 is 0 Å². The van der Waals surface area contributed by atoms with E-state index in [0.29, 0.717) is 21.5 Å². The van der Waals surface area contributed by atoms with Gasteiger partial charge in [-0.05, 0) is 40.2 Å². The Hall–Kier alpha value is -1.24. The molecule has 0 bridgehead atoms. The molecule has 3 nitrogen and oxygen atoms in total. The molecule has 0 aliphatic carbocycles. The predicted molar refractivity (Wildman–Crippen MR) is 82.5 cm³/mol. The third-order valence-electron chi connectivity index (χ3n) is 2.31. The van der Waals surface area contributed by atoms with Crippen molar-refractivity contribution in [2.45, 2.75) is 0 Å². The molecular formula is C12H8BrClFN3S. The molecule has 1 aromatic carbocycles. The van der Waals surface area contributed by atoms with E-state index in [1.807, 2.05) is 0 Å². The van der Waals surface area contributed by atoms with E-state index in [1.165, 1.54) is 12.1 Å². The van der Waals surface area contributed by atoms with Gasteiger partial charge in [0.1, 0.15) is 16.5 Å². The summed E-state index contributed by atoms with van der Waals surface area (Å²) < 4.78 is 13.7. The first-order valence-corrected chi connectivity index (χ1v) is 6.73. The van der Waals surface area contributed by atoms with Crippen molar-refractivity contribution in [3.05, 3.63) is 51.5 Å². The van der Waals surface area contributed by atoms with Gasteiger partial charge in [-0.25, -0.2) is 4.39 Å². The number of halogens is 3. The number of benzene rings is 1. The largest absolute Gasteiger partial charge is 0.388 e. The van der Waals surface area contributed by atoms with E-state index in [4.69, 9.17) is 29.6 Å². The molecule has 0 saturated carbocycles. The minimum atomic E-state index is -0.428. The summed E-state index contributed by atoms with van der Waals surface area (Å²) in [5, 5.41) is 3.28. The van der Waals surface area contributed by atoms with Crippen LogP contribution in [0.2, 0.25) is 5.02 Å². The van der Waals surface area contributed by atoms with Crippen molar-refractivity contribution in [2.24, 2.45) is 5.73 Å². The van der Waals surface area contributed by atoms with Gasteiger partial charge in [0, 0.05) is 10.7 Å². The highest BCUT2D eigenvalue weighted by Crippen LogP contribution is 2.34. The summed E-state index contributed by atoms with van der Waals surface area (Å²) in [5.41, 5.74) is 7.16. The Balaban J connectivity index is 2.45. The molecule has 0 aliphatic rings. The molecule has 0 fully saturated rings. The van der Waals surface area contributed by atoms with Crippen LogP contribution in [-0.2, 0) is 0 Å². The molecule has 0 amide bonds. The van der Waals surface area contributed by atoms with Crippen molar-refractivity contribution < 1.29 is 4.39 Å². The average Bonchev–Trinajstić information content (AvgIpc) is 2.34. The summed E-state index contributed by atoms with van der Waals surface area (Å²) in [6.07, 6.45) is 1.58. The van der Waals surface area contributed by atoms with E-state index in [-0.39, 0.29) is 10.0 Å². The number of thiocarbonyl (C=S) groups is 1. The maximum absolute atomic E-state index is 13.2. The first kappa shape index (κ1) is 14.2. The Morgan fingerprint density at radius 3 is 2.84 bits per heavy atom. The summed E-state index contributed by atoms with van der Waals surface area (Å²) in [6.45, 7) is 0. The minimum absolute atomic E-state index is 0.164. The summed E-state index contributed by atoms with van der Waals surface area (Å²) >= 11 is 14.2. The van der Waals surface area contributed by atoms with Crippen LogP contribution in [-0.4, -0.2) is 9.97 Å². The van der Waals surface area contributed by atoms with E-state index in [1.54, 1.807) is 18.3 Å². The molecule has 0 aliphatic heterocycles. The number of nitrogens with one attached hydrogen (secondary N) is 1. The summed E-state index contributed by atoms with van der Waals surface area (Å²) in [4.78, 5) is 4.25. The first-order valence-electron chi connectivity index (χ1n) is 5.15. The Morgan fingerprint density at radius 2 is 2.21 bits per heavy atom. The number of anilines is 2. The third kappa shape index (κ3) is 3.20. The maximum atomic E-state index is 13.2. The van der Waals surface area contributed by atoms with Gasteiger partial charge in [0.05, 0.1) is 16.4 Å². The van der Waals surface area contributed by atoms with Gasteiger partial charge in [-0.3, -0.25) is 4.98 Å². The smallest absolute Gasteiger partial charge is 0.125 e. The van der Waals surface area contributed by atoms with E-state index in [2.05, 4.69) is 26.2 Å². The van der Waals surface area contributed by atoms with Gasteiger partial charge in [-0.2, -0.15) is 0 Å². The lowest BCUT2D eigenvalue weighted by Gasteiger charge is -2.13. The van der Waals surface area contributed by atoms with Gasteiger partial charge in [-0.15, -0.1) is 0 Å². The van der Waals surface area contributed by atoms with Gasteiger partial charge >= 0.3 is 0 Å². The zero-order valence-electron chi connectivity index (χ0n) is 9.45. The van der Waals surface area contributed by atoms with Crippen LogP contribution in [0.25, 0.3) is 0 Å². The monoisotopic (exact) mass is 359 g/mol. The predicted octanol–water partition coefficient (Wildman–Crippen LogP) is 4.01. The number of pyridine rings is 1. The lowest BCUT2D eigenvalue weighted by molar-refractivity contribution is 0.627. The third-order valence-corrected chi connectivity index (χ3v) is 3.42. The van der Waals surface area contributed by atoms with Crippen LogP contribution in [0.15, 0.2) is 34.9 Å². The lowest BCUT2D eigenvalue weighted by Crippen LogP contribution is -2.14. The first-order chi connectivity index (χ1) is 8.99. The summed E-state index contributed by atoms with van der Waals surface area (Å²) in [5.74, 6) is -0.428. The van der Waals surface area contributed by atoms with Crippen LogP contribution < -0.4 is 11.1 Å². The van der Waals surface area contributed by atoms with E-state index in [9.17, 15) is 4.39 Å². The van der Waals surface area contributed by atoms with Crippen molar-refractivity contribution >= 4 is 56.1 Å². The molecule has 98 valence electrons. The highest BCUT2D eigenvalue weighted by Gasteiger charge is 2.12. The molecule has 0 spiro atoms. The van der Waals surface area contributed by atoms with Crippen LogP contribution >= 0.6 is 39.7 Å². The molecule has 2 rings (SSSR count). The van der Waals surface area contributed by atoms with Crippen molar-refractivity contribution in [2.75, 3.05) is 5.32 Å². The van der Waals surface area contributed by atoms with Crippen LogP contribution in [0.5, 0.6) is 0 Å². The lowest BCUT2D eigenvalue weighted by atomic mass is 10.2. The standard InChI is InChI=1S/C12H8BrClFN3S/c13-7-4-6(15)5-8(14)10(7)18-9-2-1-3-17-11(9)12(16)19/h1-5,18H,(H2,16,19). The van der Waals surface area contributed by atoms with Crippen LogP contribution in [0.4, 0.5) is 15.8 Å². The van der Waals surface area contributed by atoms with Gasteiger partial charge in [0.25, 0.3) is 0 Å². The number of nitrogens with zero attached hydrogens (tertiary/aromatic N) is 1. The number of hydrogen-bond donors (Lipinski definition) is 2. The Bertz CT molecular complexity index is 628. The summed E-state index contributed by atoms with van der Waals surface area (Å²) in [7, 11) is 0. The highest BCUT2D eigenvalue weighted by molar-refractivity contribution is 9.10. The van der Waals surface area contributed by atoms with Crippen LogP contribution in [0.3, 0.4) is 0 Å². The van der Waals surface area contributed by atoms with Gasteiger partial charge in [-0.1, -0.05) is 23.8 Å². The number of nitrogens with two attached hydrogens (primary N) is 1. The van der Waals surface area contributed by atoms with Gasteiger partial charge < -0.3 is 11.1 Å². The Morgan fingerprint density at radius 1 is 1.47 bits per heavy atom.